The maximum Gasteiger partial charge on any atom is 0.149 e. The SMILES string of the molecule is Nc1nn(-c2cccc(Cl)c2Br)c2c1CCC2. The molecule has 2 N–H and O–H groups in total. The molecule has 0 bridgehead atoms. The van der Waals surface area contributed by atoms with Crippen LogP contribution in [0.3, 0.4) is 0 Å². The van der Waals surface area contributed by atoms with E-state index in [0.29, 0.717) is 10.8 Å². The summed E-state index contributed by atoms with van der Waals surface area (Å²) in [4.78, 5) is 0. The molecule has 0 unspecified atom stereocenters. The molecule has 0 saturated carbocycles. The van der Waals surface area contributed by atoms with Gasteiger partial charge in [-0.05, 0) is 47.3 Å². The van der Waals surface area contributed by atoms with E-state index in [2.05, 4.69) is 21.0 Å². The quantitative estimate of drug-likeness (QED) is 0.877. The van der Waals surface area contributed by atoms with Crippen LogP contribution in [0, 0.1) is 0 Å². The number of aromatic nitrogens is 2. The van der Waals surface area contributed by atoms with Gasteiger partial charge in [0.1, 0.15) is 5.82 Å². The smallest absolute Gasteiger partial charge is 0.149 e. The summed E-state index contributed by atoms with van der Waals surface area (Å²) in [5, 5.41) is 5.09. The molecule has 0 atom stereocenters. The van der Waals surface area contributed by atoms with Crippen LogP contribution in [0.15, 0.2) is 22.7 Å². The molecule has 1 heterocycles. The lowest BCUT2D eigenvalue weighted by Crippen LogP contribution is -2.02. The predicted molar refractivity (Wildman–Crippen MR) is 72.7 cm³/mol. The van der Waals surface area contributed by atoms with E-state index >= 15 is 0 Å². The summed E-state index contributed by atoms with van der Waals surface area (Å²) in [5.74, 6) is 0.643. The van der Waals surface area contributed by atoms with E-state index < -0.39 is 0 Å². The van der Waals surface area contributed by atoms with Crippen molar-refractivity contribution in [3.8, 4) is 5.69 Å². The first kappa shape index (κ1) is 11.1. The standard InChI is InChI=1S/C12H11BrClN3/c13-11-8(14)4-2-6-10(11)17-9-5-1-3-7(9)12(15)16-17/h2,4,6H,1,3,5H2,(H2,15,16). The predicted octanol–water partition coefficient (Wildman–Crippen LogP) is 3.36. The molecule has 17 heavy (non-hydrogen) atoms. The number of halogens is 2. The molecule has 0 fully saturated rings. The number of hydrogen-bond acceptors (Lipinski definition) is 2. The molecule has 1 aromatic heterocycles. The van der Waals surface area contributed by atoms with Gasteiger partial charge in [-0.1, -0.05) is 17.7 Å². The van der Waals surface area contributed by atoms with E-state index in [0.717, 1.165) is 29.4 Å². The second-order valence-electron chi connectivity index (χ2n) is 4.15. The molecule has 1 aromatic carbocycles. The van der Waals surface area contributed by atoms with Gasteiger partial charge in [-0.3, -0.25) is 0 Å². The van der Waals surface area contributed by atoms with Crippen LogP contribution in [0.2, 0.25) is 5.02 Å². The van der Waals surface area contributed by atoms with Crippen molar-refractivity contribution in [1.82, 2.24) is 9.78 Å². The average Bonchev–Trinajstić information content (AvgIpc) is 2.87. The third-order valence-corrected chi connectivity index (χ3v) is 4.50. The highest BCUT2D eigenvalue weighted by Crippen LogP contribution is 2.34. The summed E-state index contributed by atoms with van der Waals surface area (Å²) < 4.78 is 2.77. The van der Waals surface area contributed by atoms with Crippen molar-refractivity contribution in [2.75, 3.05) is 5.73 Å². The number of nitrogens with zero attached hydrogens (tertiary/aromatic N) is 2. The van der Waals surface area contributed by atoms with Gasteiger partial charge in [0.25, 0.3) is 0 Å². The van der Waals surface area contributed by atoms with Crippen molar-refractivity contribution in [2.24, 2.45) is 0 Å². The second-order valence-corrected chi connectivity index (χ2v) is 5.35. The summed E-state index contributed by atoms with van der Waals surface area (Å²) in [5.41, 5.74) is 9.29. The normalized spacial score (nSPS) is 14.0. The molecule has 1 aliphatic rings. The number of fused-ring (bicyclic) bond motifs is 1. The topological polar surface area (TPSA) is 43.8 Å². The molecule has 0 saturated heterocycles. The van der Waals surface area contributed by atoms with Gasteiger partial charge in [0.2, 0.25) is 0 Å². The van der Waals surface area contributed by atoms with E-state index in [1.54, 1.807) is 0 Å². The largest absolute Gasteiger partial charge is 0.382 e. The number of hydrogen-bond donors (Lipinski definition) is 1. The molecule has 0 aliphatic heterocycles. The Morgan fingerprint density at radius 1 is 1.35 bits per heavy atom. The number of benzene rings is 1. The molecule has 3 nitrogen and oxygen atoms in total. The highest BCUT2D eigenvalue weighted by Gasteiger charge is 2.22. The van der Waals surface area contributed by atoms with E-state index in [1.807, 2.05) is 22.9 Å². The summed E-state index contributed by atoms with van der Waals surface area (Å²) >= 11 is 9.60. The minimum Gasteiger partial charge on any atom is -0.382 e. The van der Waals surface area contributed by atoms with Crippen LogP contribution in [0.4, 0.5) is 5.82 Å². The fourth-order valence-corrected chi connectivity index (χ4v) is 2.92. The van der Waals surface area contributed by atoms with Crippen LogP contribution in [0.5, 0.6) is 0 Å². The summed E-state index contributed by atoms with van der Waals surface area (Å²) in [6, 6.07) is 5.75. The Kier molecular flexibility index (Phi) is 2.64. The van der Waals surface area contributed by atoms with Crippen molar-refractivity contribution in [2.45, 2.75) is 19.3 Å². The Hall–Kier alpha value is -1.000. The Morgan fingerprint density at radius 2 is 2.18 bits per heavy atom. The molecule has 88 valence electrons. The maximum atomic E-state index is 6.10. The van der Waals surface area contributed by atoms with E-state index in [4.69, 9.17) is 17.3 Å². The Balaban J connectivity index is 2.23. The van der Waals surface area contributed by atoms with Gasteiger partial charge in [-0.15, -0.1) is 0 Å². The number of nitrogen functional groups attached to an aromatic ring is 1. The lowest BCUT2D eigenvalue weighted by molar-refractivity contribution is 0.786. The lowest BCUT2D eigenvalue weighted by atomic mass is 10.2. The Morgan fingerprint density at radius 3 is 3.00 bits per heavy atom. The second kappa shape index (κ2) is 4.03. The monoisotopic (exact) mass is 311 g/mol. The van der Waals surface area contributed by atoms with Crippen molar-refractivity contribution in [3.63, 3.8) is 0 Å². The van der Waals surface area contributed by atoms with Gasteiger partial charge in [0, 0.05) is 11.3 Å². The molecule has 3 rings (SSSR count). The van der Waals surface area contributed by atoms with Gasteiger partial charge in [-0.2, -0.15) is 5.10 Å². The zero-order valence-electron chi connectivity index (χ0n) is 9.08. The van der Waals surface area contributed by atoms with Gasteiger partial charge < -0.3 is 5.73 Å². The highest BCUT2D eigenvalue weighted by molar-refractivity contribution is 9.10. The van der Waals surface area contributed by atoms with Crippen LogP contribution in [0.1, 0.15) is 17.7 Å². The van der Waals surface area contributed by atoms with Crippen LogP contribution in [0.25, 0.3) is 5.69 Å². The van der Waals surface area contributed by atoms with Gasteiger partial charge >= 0.3 is 0 Å². The number of anilines is 1. The van der Waals surface area contributed by atoms with Crippen molar-refractivity contribution in [3.05, 3.63) is 39.0 Å². The first-order chi connectivity index (χ1) is 8.18. The average molecular weight is 313 g/mol. The Labute approximate surface area is 113 Å². The molecule has 1 aliphatic carbocycles. The first-order valence-corrected chi connectivity index (χ1v) is 6.66. The van der Waals surface area contributed by atoms with Gasteiger partial charge in [0.15, 0.2) is 0 Å². The first-order valence-electron chi connectivity index (χ1n) is 5.49. The maximum absolute atomic E-state index is 6.10. The van der Waals surface area contributed by atoms with E-state index in [9.17, 15) is 0 Å². The van der Waals surface area contributed by atoms with E-state index in [-0.39, 0.29) is 0 Å². The van der Waals surface area contributed by atoms with Crippen LogP contribution in [-0.4, -0.2) is 9.78 Å². The number of nitrogens with two attached hydrogens (primary N) is 1. The van der Waals surface area contributed by atoms with Crippen molar-refractivity contribution < 1.29 is 0 Å². The summed E-state index contributed by atoms with van der Waals surface area (Å²) in [6.07, 6.45) is 3.20. The molecule has 0 spiro atoms. The van der Waals surface area contributed by atoms with Gasteiger partial charge in [0.05, 0.1) is 15.2 Å². The minimum absolute atomic E-state index is 0.643. The fourth-order valence-electron chi connectivity index (χ4n) is 2.32. The highest BCUT2D eigenvalue weighted by atomic mass is 79.9. The number of rotatable bonds is 1. The molecular weight excluding hydrogens is 302 g/mol. The van der Waals surface area contributed by atoms with Crippen molar-refractivity contribution >= 4 is 33.3 Å². The zero-order valence-corrected chi connectivity index (χ0v) is 11.4. The third-order valence-electron chi connectivity index (χ3n) is 3.12. The van der Waals surface area contributed by atoms with Crippen LogP contribution in [-0.2, 0) is 12.8 Å². The molecule has 0 radical (unpaired) electrons. The fraction of sp³-hybridized carbons (Fsp3) is 0.250. The summed E-state index contributed by atoms with van der Waals surface area (Å²) in [7, 11) is 0. The Bertz CT molecular complexity index is 592. The van der Waals surface area contributed by atoms with Gasteiger partial charge in [-0.25, -0.2) is 4.68 Å². The van der Waals surface area contributed by atoms with Crippen molar-refractivity contribution in [1.29, 1.82) is 0 Å². The zero-order chi connectivity index (χ0) is 12.0. The molecule has 0 amide bonds. The molecule has 2 aromatic rings. The lowest BCUT2D eigenvalue weighted by Gasteiger charge is -2.08. The van der Waals surface area contributed by atoms with Crippen LogP contribution >= 0.6 is 27.5 Å². The van der Waals surface area contributed by atoms with Crippen LogP contribution < -0.4 is 5.73 Å². The third kappa shape index (κ3) is 1.67. The van der Waals surface area contributed by atoms with E-state index in [1.165, 1.54) is 11.3 Å². The molecular formula is C12H11BrClN3. The molecule has 5 heteroatoms. The minimum atomic E-state index is 0.643. The summed E-state index contributed by atoms with van der Waals surface area (Å²) in [6.45, 7) is 0.